The molecule has 2 aromatic carbocycles. The van der Waals surface area contributed by atoms with Crippen molar-refractivity contribution >= 4 is 38.6 Å². The first-order chi connectivity index (χ1) is 16.6. The van der Waals surface area contributed by atoms with Crippen molar-refractivity contribution in [1.82, 2.24) is 10.2 Å². The molecule has 0 atom stereocenters. The first kappa shape index (κ1) is 25.9. The molecule has 0 aliphatic heterocycles. The van der Waals surface area contributed by atoms with E-state index in [1.165, 1.54) is 47.7 Å². The Hall–Kier alpha value is -3.75. The molecule has 0 aliphatic rings. The van der Waals surface area contributed by atoms with Crippen molar-refractivity contribution in [3.05, 3.63) is 64.2 Å². The number of carbonyl (C=O) groups is 1. The highest BCUT2D eigenvalue weighted by Gasteiger charge is 2.20. The third-order valence-corrected chi connectivity index (χ3v) is 7.00. The summed E-state index contributed by atoms with van der Waals surface area (Å²) >= 11 is 1.23. The predicted molar refractivity (Wildman–Crippen MR) is 133 cm³/mol. The second kappa shape index (κ2) is 11.1. The molecule has 0 saturated heterocycles. The summed E-state index contributed by atoms with van der Waals surface area (Å²) in [4.78, 5) is 12.6. The van der Waals surface area contributed by atoms with E-state index in [0.29, 0.717) is 10.7 Å². The highest BCUT2D eigenvalue weighted by molar-refractivity contribution is 7.87. The molecule has 0 radical (unpaired) electrons. The summed E-state index contributed by atoms with van der Waals surface area (Å²) in [5.41, 5.74) is 1.19. The fraction of sp³-hybridized carbons (Fsp3) is 0.250. The minimum Gasteiger partial charge on any atom is -0.490 e. The highest BCUT2D eigenvalue weighted by Crippen LogP contribution is 2.32. The van der Waals surface area contributed by atoms with Gasteiger partial charge in [-0.3, -0.25) is 10.1 Å². The standard InChI is InChI=1S/C24H24N4O5S2/c1-5-32-21-13-17(8-11-20(21)33-35(30,31)19-9-6-16(4)7-10-19)12-18(14-25)22(29)26-24-28-27-23(34-24)15(2)3/h6-13,15H,5H2,1-4H3,(H,26,28,29). The first-order valence-corrected chi connectivity index (χ1v) is 12.9. The Bertz CT molecular complexity index is 1390. The number of ether oxygens (including phenoxy) is 1. The van der Waals surface area contributed by atoms with E-state index in [1.807, 2.05) is 26.8 Å². The summed E-state index contributed by atoms with van der Waals surface area (Å²) in [6, 6.07) is 12.6. The van der Waals surface area contributed by atoms with Gasteiger partial charge in [-0.05, 0) is 49.8 Å². The number of rotatable bonds is 9. The lowest BCUT2D eigenvalue weighted by atomic mass is 10.1. The van der Waals surface area contributed by atoms with E-state index in [-0.39, 0.29) is 34.5 Å². The Balaban J connectivity index is 1.85. The molecule has 1 amide bonds. The summed E-state index contributed by atoms with van der Waals surface area (Å²) in [5.74, 6) is -0.334. The van der Waals surface area contributed by atoms with Crippen LogP contribution in [0.15, 0.2) is 52.9 Å². The van der Waals surface area contributed by atoms with Gasteiger partial charge in [0.1, 0.15) is 21.5 Å². The van der Waals surface area contributed by atoms with Crippen LogP contribution in [0.1, 0.15) is 42.8 Å². The van der Waals surface area contributed by atoms with Crippen LogP contribution in [-0.2, 0) is 14.9 Å². The third-order valence-electron chi connectivity index (χ3n) is 4.61. The van der Waals surface area contributed by atoms with Crippen molar-refractivity contribution in [2.24, 2.45) is 0 Å². The fourth-order valence-corrected chi connectivity index (χ4v) is 4.50. The molecule has 9 nitrogen and oxygen atoms in total. The number of nitriles is 1. The largest absolute Gasteiger partial charge is 0.490 e. The molecule has 3 aromatic rings. The lowest BCUT2D eigenvalue weighted by molar-refractivity contribution is -0.112. The Morgan fingerprint density at radius 1 is 1.17 bits per heavy atom. The average Bonchev–Trinajstić information content (AvgIpc) is 3.28. The first-order valence-electron chi connectivity index (χ1n) is 10.7. The molecule has 35 heavy (non-hydrogen) atoms. The van der Waals surface area contributed by atoms with Gasteiger partial charge in [-0.1, -0.05) is 48.9 Å². The minimum atomic E-state index is -4.09. The van der Waals surface area contributed by atoms with Crippen LogP contribution in [0, 0.1) is 18.3 Å². The zero-order valence-corrected chi connectivity index (χ0v) is 21.2. The minimum absolute atomic E-state index is 0.00950. The van der Waals surface area contributed by atoms with Gasteiger partial charge in [0, 0.05) is 5.92 Å². The zero-order chi connectivity index (χ0) is 25.6. The van der Waals surface area contributed by atoms with Crippen LogP contribution in [0.25, 0.3) is 6.08 Å². The lowest BCUT2D eigenvalue weighted by Gasteiger charge is -2.13. The zero-order valence-electron chi connectivity index (χ0n) is 19.6. The number of nitrogens with zero attached hydrogens (tertiary/aromatic N) is 3. The van der Waals surface area contributed by atoms with E-state index in [4.69, 9.17) is 8.92 Å². The Morgan fingerprint density at radius 3 is 2.49 bits per heavy atom. The molecule has 0 fully saturated rings. The molecule has 0 saturated carbocycles. The van der Waals surface area contributed by atoms with E-state index in [2.05, 4.69) is 15.5 Å². The maximum absolute atomic E-state index is 12.7. The van der Waals surface area contributed by atoms with Crippen LogP contribution < -0.4 is 14.2 Å². The summed E-state index contributed by atoms with van der Waals surface area (Å²) in [5, 5.41) is 21.1. The molecule has 0 aliphatic carbocycles. The molecular formula is C24H24N4O5S2. The Morgan fingerprint density at radius 2 is 1.89 bits per heavy atom. The van der Waals surface area contributed by atoms with E-state index < -0.39 is 16.0 Å². The SMILES string of the molecule is CCOc1cc(C=C(C#N)C(=O)Nc2nnc(C(C)C)s2)ccc1OS(=O)(=O)c1ccc(C)cc1. The number of aryl methyl sites for hydroxylation is 1. The van der Waals surface area contributed by atoms with Gasteiger partial charge in [0.15, 0.2) is 11.5 Å². The molecule has 11 heteroatoms. The summed E-state index contributed by atoms with van der Waals surface area (Å²) < 4.78 is 36.2. The smallest absolute Gasteiger partial charge is 0.339 e. The summed E-state index contributed by atoms with van der Waals surface area (Å²) in [6.07, 6.45) is 1.36. The van der Waals surface area contributed by atoms with Crippen LogP contribution >= 0.6 is 11.3 Å². The molecule has 1 heterocycles. The maximum atomic E-state index is 12.7. The summed E-state index contributed by atoms with van der Waals surface area (Å²) in [6.45, 7) is 7.75. The van der Waals surface area contributed by atoms with Crippen molar-refractivity contribution in [3.63, 3.8) is 0 Å². The highest BCUT2D eigenvalue weighted by atomic mass is 32.2. The number of benzene rings is 2. The molecule has 1 N–H and O–H groups in total. The van der Waals surface area contributed by atoms with Gasteiger partial charge in [0.05, 0.1) is 6.61 Å². The number of nitrogens with one attached hydrogen (secondary N) is 1. The number of hydrogen-bond acceptors (Lipinski definition) is 9. The van der Waals surface area contributed by atoms with Crippen LogP contribution in [0.2, 0.25) is 0 Å². The van der Waals surface area contributed by atoms with Crippen molar-refractivity contribution in [2.75, 3.05) is 11.9 Å². The number of anilines is 1. The molecule has 1 aromatic heterocycles. The average molecular weight is 513 g/mol. The van der Waals surface area contributed by atoms with E-state index >= 15 is 0 Å². The lowest BCUT2D eigenvalue weighted by Crippen LogP contribution is -2.13. The van der Waals surface area contributed by atoms with Gasteiger partial charge < -0.3 is 8.92 Å². The Kier molecular flexibility index (Phi) is 8.22. The molecule has 0 spiro atoms. The maximum Gasteiger partial charge on any atom is 0.339 e. The van der Waals surface area contributed by atoms with Crippen LogP contribution in [0.3, 0.4) is 0 Å². The van der Waals surface area contributed by atoms with Gasteiger partial charge in [0.2, 0.25) is 5.13 Å². The quantitative estimate of drug-likeness (QED) is 0.248. The number of aromatic nitrogens is 2. The fourth-order valence-electron chi connectivity index (χ4n) is 2.82. The van der Waals surface area contributed by atoms with Gasteiger partial charge in [-0.2, -0.15) is 13.7 Å². The molecule has 3 rings (SSSR count). The van der Waals surface area contributed by atoms with Crippen molar-refractivity contribution in [1.29, 1.82) is 5.26 Å². The number of carbonyl (C=O) groups excluding carboxylic acids is 1. The third kappa shape index (κ3) is 6.65. The summed E-state index contributed by atoms with van der Waals surface area (Å²) in [7, 11) is -4.09. The molecular weight excluding hydrogens is 488 g/mol. The van der Waals surface area contributed by atoms with E-state index in [1.54, 1.807) is 19.1 Å². The molecule has 182 valence electrons. The molecule has 0 bridgehead atoms. The van der Waals surface area contributed by atoms with Crippen LogP contribution in [-0.4, -0.2) is 31.1 Å². The van der Waals surface area contributed by atoms with Crippen LogP contribution in [0.5, 0.6) is 11.5 Å². The number of hydrogen-bond donors (Lipinski definition) is 1. The topological polar surface area (TPSA) is 131 Å². The monoisotopic (exact) mass is 512 g/mol. The van der Waals surface area contributed by atoms with Crippen molar-refractivity contribution in [3.8, 4) is 17.6 Å². The predicted octanol–water partition coefficient (Wildman–Crippen LogP) is 4.68. The van der Waals surface area contributed by atoms with Gasteiger partial charge in [0.25, 0.3) is 5.91 Å². The second-order valence-corrected chi connectivity index (χ2v) is 10.3. The van der Waals surface area contributed by atoms with Gasteiger partial charge in [-0.25, -0.2) is 0 Å². The van der Waals surface area contributed by atoms with Gasteiger partial charge >= 0.3 is 10.1 Å². The number of amides is 1. The van der Waals surface area contributed by atoms with Crippen molar-refractivity contribution < 1.29 is 22.1 Å². The van der Waals surface area contributed by atoms with Crippen molar-refractivity contribution in [2.45, 2.75) is 38.5 Å². The molecule has 0 unspecified atom stereocenters. The van der Waals surface area contributed by atoms with E-state index in [0.717, 1.165) is 10.6 Å². The normalized spacial score (nSPS) is 11.7. The van der Waals surface area contributed by atoms with E-state index in [9.17, 15) is 18.5 Å². The second-order valence-electron chi connectivity index (χ2n) is 7.71. The van der Waals surface area contributed by atoms with Gasteiger partial charge in [-0.15, -0.1) is 10.2 Å². The van der Waals surface area contributed by atoms with Crippen LogP contribution in [0.4, 0.5) is 5.13 Å². The Labute approximate surface area is 208 Å².